The summed E-state index contributed by atoms with van der Waals surface area (Å²) in [6.07, 6.45) is 5.32. The van der Waals surface area contributed by atoms with Gasteiger partial charge in [0.05, 0.1) is 0 Å². The van der Waals surface area contributed by atoms with E-state index in [1.54, 1.807) is 4.90 Å². The van der Waals surface area contributed by atoms with E-state index in [1.807, 2.05) is 30.3 Å². The van der Waals surface area contributed by atoms with Crippen molar-refractivity contribution < 1.29 is 9.59 Å². The van der Waals surface area contributed by atoms with Gasteiger partial charge in [0.15, 0.2) is 0 Å². The Morgan fingerprint density at radius 2 is 1.86 bits per heavy atom. The summed E-state index contributed by atoms with van der Waals surface area (Å²) in [6.45, 7) is 1.39. The van der Waals surface area contributed by atoms with Gasteiger partial charge in [-0.2, -0.15) is 0 Å². The van der Waals surface area contributed by atoms with Gasteiger partial charge in [-0.05, 0) is 43.7 Å². The van der Waals surface area contributed by atoms with Crippen LogP contribution in [-0.4, -0.2) is 36.0 Å². The molecule has 22 heavy (non-hydrogen) atoms. The number of carbonyl (C=O) groups is 2. The van der Waals surface area contributed by atoms with Gasteiger partial charge in [-0.15, -0.1) is 0 Å². The molecule has 0 radical (unpaired) electrons. The molecular weight excluding hydrogens is 278 g/mol. The van der Waals surface area contributed by atoms with Crippen molar-refractivity contribution in [3.8, 4) is 0 Å². The maximum Gasteiger partial charge on any atom is 0.322 e. The Kier molecular flexibility index (Phi) is 4.61. The Hall–Kier alpha value is -2.04. The molecule has 1 aliphatic carbocycles. The second kappa shape index (κ2) is 6.81. The molecule has 2 N–H and O–H groups in total. The lowest BCUT2D eigenvalue weighted by molar-refractivity contribution is -0.124. The molecule has 0 aromatic heterocycles. The van der Waals surface area contributed by atoms with Crippen molar-refractivity contribution in [2.75, 3.05) is 18.4 Å². The fourth-order valence-electron chi connectivity index (χ4n) is 3.06. The summed E-state index contributed by atoms with van der Waals surface area (Å²) >= 11 is 0. The van der Waals surface area contributed by atoms with Crippen LogP contribution >= 0.6 is 0 Å². The first-order valence-electron chi connectivity index (χ1n) is 8.14. The second-order valence-corrected chi connectivity index (χ2v) is 6.19. The van der Waals surface area contributed by atoms with Gasteiger partial charge < -0.3 is 15.5 Å². The number of hydrogen-bond donors (Lipinski definition) is 2. The molecule has 2 fully saturated rings. The Morgan fingerprint density at radius 3 is 2.55 bits per heavy atom. The van der Waals surface area contributed by atoms with E-state index in [0.717, 1.165) is 25.1 Å². The van der Waals surface area contributed by atoms with Crippen molar-refractivity contribution in [2.45, 2.75) is 38.1 Å². The molecule has 1 heterocycles. The molecule has 5 nitrogen and oxygen atoms in total. The van der Waals surface area contributed by atoms with Crippen molar-refractivity contribution in [3.63, 3.8) is 0 Å². The molecule has 1 aromatic rings. The van der Waals surface area contributed by atoms with Gasteiger partial charge in [0.1, 0.15) is 6.04 Å². The first kappa shape index (κ1) is 14.9. The van der Waals surface area contributed by atoms with Crippen LogP contribution in [0.2, 0.25) is 0 Å². The Labute approximate surface area is 131 Å². The number of amides is 3. The summed E-state index contributed by atoms with van der Waals surface area (Å²) in [5.41, 5.74) is 0.757. The van der Waals surface area contributed by atoms with Crippen molar-refractivity contribution >= 4 is 17.6 Å². The van der Waals surface area contributed by atoms with E-state index in [0.29, 0.717) is 12.5 Å². The number of nitrogens with zero attached hydrogens (tertiary/aromatic N) is 1. The summed E-state index contributed by atoms with van der Waals surface area (Å²) in [6, 6.07) is 8.84. The summed E-state index contributed by atoms with van der Waals surface area (Å²) in [4.78, 5) is 26.4. The van der Waals surface area contributed by atoms with Crippen LogP contribution in [0, 0.1) is 5.92 Å². The average molecular weight is 301 g/mol. The van der Waals surface area contributed by atoms with Gasteiger partial charge in [-0.25, -0.2) is 4.79 Å². The SMILES string of the molecule is O=C(NCC1CCC1)C1CCCN1C(=O)Nc1ccccc1. The summed E-state index contributed by atoms with van der Waals surface area (Å²) in [5.74, 6) is 0.629. The highest BCUT2D eigenvalue weighted by molar-refractivity contribution is 5.94. The molecule has 118 valence electrons. The molecule has 1 saturated heterocycles. The van der Waals surface area contributed by atoms with Crippen LogP contribution in [-0.2, 0) is 4.79 Å². The maximum absolute atomic E-state index is 12.4. The van der Waals surface area contributed by atoms with E-state index in [1.165, 1.54) is 19.3 Å². The third-order valence-corrected chi connectivity index (χ3v) is 4.63. The van der Waals surface area contributed by atoms with Gasteiger partial charge in [-0.3, -0.25) is 4.79 Å². The number of likely N-dealkylation sites (tertiary alicyclic amines) is 1. The van der Waals surface area contributed by atoms with Crippen LogP contribution in [0.3, 0.4) is 0 Å². The molecule has 5 heteroatoms. The van der Waals surface area contributed by atoms with Gasteiger partial charge in [0, 0.05) is 18.8 Å². The van der Waals surface area contributed by atoms with Gasteiger partial charge >= 0.3 is 6.03 Å². The van der Waals surface area contributed by atoms with Gasteiger partial charge in [0.2, 0.25) is 5.91 Å². The molecule has 3 amide bonds. The molecule has 0 spiro atoms. The van der Waals surface area contributed by atoms with Crippen molar-refractivity contribution in [3.05, 3.63) is 30.3 Å². The lowest BCUT2D eigenvalue weighted by Gasteiger charge is -2.28. The number of benzene rings is 1. The van der Waals surface area contributed by atoms with Crippen LogP contribution in [0.1, 0.15) is 32.1 Å². The number of anilines is 1. The van der Waals surface area contributed by atoms with Crippen molar-refractivity contribution in [1.29, 1.82) is 0 Å². The number of para-hydroxylation sites is 1. The molecule has 3 rings (SSSR count). The predicted octanol–water partition coefficient (Wildman–Crippen LogP) is 2.60. The van der Waals surface area contributed by atoms with Crippen LogP contribution < -0.4 is 10.6 Å². The molecule has 2 aliphatic rings. The molecule has 1 atom stereocenters. The molecular formula is C17H23N3O2. The summed E-state index contributed by atoms with van der Waals surface area (Å²) in [7, 11) is 0. The zero-order chi connectivity index (χ0) is 15.4. The maximum atomic E-state index is 12.4. The zero-order valence-corrected chi connectivity index (χ0v) is 12.8. The normalized spacial score (nSPS) is 21.3. The van der Waals surface area contributed by atoms with E-state index in [4.69, 9.17) is 0 Å². The minimum absolute atomic E-state index is 0.00684. The fraction of sp³-hybridized carbons (Fsp3) is 0.529. The van der Waals surface area contributed by atoms with Crippen LogP contribution in [0.5, 0.6) is 0 Å². The zero-order valence-electron chi connectivity index (χ0n) is 12.8. The molecule has 1 aromatic carbocycles. The lowest BCUT2D eigenvalue weighted by atomic mass is 9.85. The summed E-state index contributed by atoms with van der Waals surface area (Å²) in [5, 5.41) is 5.88. The summed E-state index contributed by atoms with van der Waals surface area (Å²) < 4.78 is 0. The first-order chi connectivity index (χ1) is 10.7. The topological polar surface area (TPSA) is 61.4 Å². The molecule has 1 aliphatic heterocycles. The number of hydrogen-bond acceptors (Lipinski definition) is 2. The third kappa shape index (κ3) is 3.40. The Balaban J connectivity index is 1.54. The van der Waals surface area contributed by atoms with Crippen LogP contribution in [0.15, 0.2) is 30.3 Å². The van der Waals surface area contributed by atoms with E-state index >= 15 is 0 Å². The highest BCUT2D eigenvalue weighted by atomic mass is 16.2. The molecule has 1 unspecified atom stereocenters. The Bertz CT molecular complexity index is 528. The van der Waals surface area contributed by atoms with Crippen molar-refractivity contribution in [1.82, 2.24) is 10.2 Å². The van der Waals surface area contributed by atoms with Gasteiger partial charge in [-0.1, -0.05) is 24.6 Å². The number of urea groups is 1. The second-order valence-electron chi connectivity index (χ2n) is 6.19. The fourth-order valence-corrected chi connectivity index (χ4v) is 3.06. The monoisotopic (exact) mass is 301 g/mol. The minimum atomic E-state index is -0.330. The van der Waals surface area contributed by atoms with E-state index in [9.17, 15) is 9.59 Å². The average Bonchev–Trinajstić information content (AvgIpc) is 2.96. The number of nitrogens with one attached hydrogen (secondary N) is 2. The van der Waals surface area contributed by atoms with E-state index < -0.39 is 0 Å². The van der Waals surface area contributed by atoms with Crippen LogP contribution in [0.25, 0.3) is 0 Å². The quantitative estimate of drug-likeness (QED) is 0.898. The third-order valence-electron chi connectivity index (χ3n) is 4.63. The first-order valence-corrected chi connectivity index (χ1v) is 8.14. The van der Waals surface area contributed by atoms with E-state index in [2.05, 4.69) is 10.6 Å². The number of carbonyl (C=O) groups excluding carboxylic acids is 2. The standard InChI is InChI=1S/C17H23N3O2/c21-16(18-12-13-6-4-7-13)15-10-5-11-20(15)17(22)19-14-8-2-1-3-9-14/h1-3,8-9,13,15H,4-7,10-12H2,(H,18,21)(H,19,22). The Morgan fingerprint density at radius 1 is 1.09 bits per heavy atom. The highest BCUT2D eigenvalue weighted by Crippen LogP contribution is 2.25. The van der Waals surface area contributed by atoms with E-state index in [-0.39, 0.29) is 18.0 Å². The number of rotatable bonds is 4. The smallest absolute Gasteiger partial charge is 0.322 e. The van der Waals surface area contributed by atoms with Crippen molar-refractivity contribution in [2.24, 2.45) is 5.92 Å². The highest BCUT2D eigenvalue weighted by Gasteiger charge is 2.34. The molecule has 0 bridgehead atoms. The van der Waals surface area contributed by atoms with Crippen LogP contribution in [0.4, 0.5) is 10.5 Å². The minimum Gasteiger partial charge on any atom is -0.354 e. The van der Waals surface area contributed by atoms with Gasteiger partial charge in [0.25, 0.3) is 0 Å². The largest absolute Gasteiger partial charge is 0.354 e. The lowest BCUT2D eigenvalue weighted by Crippen LogP contribution is -2.48. The predicted molar refractivity (Wildman–Crippen MR) is 85.5 cm³/mol. The molecule has 1 saturated carbocycles.